The van der Waals surface area contributed by atoms with E-state index in [1.54, 1.807) is 6.07 Å². The monoisotopic (exact) mass is 378 g/mol. The van der Waals surface area contributed by atoms with Crippen molar-refractivity contribution in [2.45, 2.75) is 12.5 Å². The number of nitrogens with one attached hydrogen (secondary N) is 2. The van der Waals surface area contributed by atoms with E-state index in [1.807, 2.05) is 60.7 Å². The molecular formula is C21H22N4O3. The molecule has 0 aliphatic carbocycles. The number of nitrogens with two attached hydrogens (primary N) is 1. The van der Waals surface area contributed by atoms with Crippen molar-refractivity contribution in [2.24, 2.45) is 5.73 Å². The molecule has 3 rings (SSSR count). The number of hydrogen-bond donors (Lipinski definition) is 3. The summed E-state index contributed by atoms with van der Waals surface area (Å²) in [6, 6.07) is 19.9. The van der Waals surface area contributed by atoms with Crippen LogP contribution in [0.5, 0.6) is 0 Å². The number of hydrogen-bond acceptors (Lipinski definition) is 5. The number of carbonyl (C=O) groups is 2. The molecule has 1 atom stereocenters. The van der Waals surface area contributed by atoms with E-state index in [9.17, 15) is 9.59 Å². The number of benzene rings is 2. The third kappa shape index (κ3) is 5.28. The lowest BCUT2D eigenvalue weighted by atomic mass is 10.1. The highest BCUT2D eigenvalue weighted by Crippen LogP contribution is 2.19. The molecule has 1 aromatic heterocycles. The molecule has 0 bridgehead atoms. The van der Waals surface area contributed by atoms with Gasteiger partial charge in [0.2, 0.25) is 5.91 Å². The summed E-state index contributed by atoms with van der Waals surface area (Å²) in [6.45, 7) is 0.534. The smallest absolute Gasteiger partial charge is 0.273 e. The zero-order valence-electron chi connectivity index (χ0n) is 15.3. The van der Waals surface area contributed by atoms with Gasteiger partial charge < -0.3 is 20.9 Å². The molecule has 0 spiro atoms. The van der Waals surface area contributed by atoms with Gasteiger partial charge in [0.1, 0.15) is 0 Å². The number of rotatable bonds is 8. The Morgan fingerprint density at radius 2 is 1.61 bits per heavy atom. The van der Waals surface area contributed by atoms with Gasteiger partial charge in [-0.25, -0.2) is 0 Å². The van der Waals surface area contributed by atoms with Gasteiger partial charge in [-0.1, -0.05) is 65.8 Å². The summed E-state index contributed by atoms with van der Waals surface area (Å²) in [7, 11) is 0. The van der Waals surface area contributed by atoms with Gasteiger partial charge in [0.25, 0.3) is 5.91 Å². The standard InChI is InChI=1S/C21H22N4O3/c22-17(13-15-7-3-1-4-8-15)20(26)23-11-12-24-21(27)18-14-19(28-25-18)16-9-5-2-6-10-16/h1-10,14,17H,11-13,22H2,(H,23,26)(H,24,27)/t17-/m0/s1. The predicted octanol–water partition coefficient (Wildman–Crippen LogP) is 1.76. The van der Waals surface area contributed by atoms with Crippen molar-refractivity contribution < 1.29 is 14.1 Å². The number of carbonyl (C=O) groups excluding carboxylic acids is 2. The molecule has 0 aliphatic heterocycles. The summed E-state index contributed by atoms with van der Waals surface area (Å²) in [5.41, 5.74) is 7.94. The molecule has 144 valence electrons. The molecular weight excluding hydrogens is 356 g/mol. The maximum absolute atomic E-state index is 12.1. The molecule has 28 heavy (non-hydrogen) atoms. The Balaban J connectivity index is 1.41. The van der Waals surface area contributed by atoms with Crippen LogP contribution in [0.1, 0.15) is 16.1 Å². The third-order valence-corrected chi connectivity index (χ3v) is 4.15. The van der Waals surface area contributed by atoms with Crippen molar-refractivity contribution in [2.75, 3.05) is 13.1 Å². The molecule has 0 unspecified atom stereocenters. The molecule has 0 fully saturated rings. The van der Waals surface area contributed by atoms with Crippen LogP contribution in [0.2, 0.25) is 0 Å². The van der Waals surface area contributed by atoms with E-state index in [2.05, 4.69) is 15.8 Å². The highest BCUT2D eigenvalue weighted by atomic mass is 16.5. The molecule has 0 saturated carbocycles. The van der Waals surface area contributed by atoms with Crippen LogP contribution in [-0.2, 0) is 11.2 Å². The summed E-state index contributed by atoms with van der Waals surface area (Å²) >= 11 is 0. The highest BCUT2D eigenvalue weighted by molar-refractivity contribution is 5.93. The zero-order valence-corrected chi connectivity index (χ0v) is 15.3. The normalized spacial score (nSPS) is 11.6. The highest BCUT2D eigenvalue weighted by Gasteiger charge is 2.15. The number of aromatic nitrogens is 1. The molecule has 0 saturated heterocycles. The lowest BCUT2D eigenvalue weighted by Crippen LogP contribution is -2.44. The zero-order chi connectivity index (χ0) is 19.8. The van der Waals surface area contributed by atoms with Gasteiger partial charge in [-0.3, -0.25) is 9.59 Å². The quantitative estimate of drug-likeness (QED) is 0.517. The van der Waals surface area contributed by atoms with Crippen molar-refractivity contribution in [3.63, 3.8) is 0 Å². The first-order valence-corrected chi connectivity index (χ1v) is 9.01. The predicted molar refractivity (Wildman–Crippen MR) is 105 cm³/mol. The molecule has 0 radical (unpaired) electrons. The van der Waals surface area contributed by atoms with Gasteiger partial charge in [-0.2, -0.15) is 0 Å². The summed E-state index contributed by atoms with van der Waals surface area (Å²) in [5.74, 6) is -0.106. The van der Waals surface area contributed by atoms with Crippen LogP contribution in [0.3, 0.4) is 0 Å². The van der Waals surface area contributed by atoms with Gasteiger partial charge in [0, 0.05) is 24.7 Å². The Morgan fingerprint density at radius 1 is 0.964 bits per heavy atom. The van der Waals surface area contributed by atoms with E-state index >= 15 is 0 Å². The van der Waals surface area contributed by atoms with Crippen LogP contribution < -0.4 is 16.4 Å². The SMILES string of the molecule is N[C@@H](Cc1ccccc1)C(=O)NCCNC(=O)c1cc(-c2ccccc2)on1. The summed E-state index contributed by atoms with van der Waals surface area (Å²) in [6.07, 6.45) is 0.459. The first-order valence-electron chi connectivity index (χ1n) is 9.01. The van der Waals surface area contributed by atoms with Crippen LogP contribution in [-0.4, -0.2) is 36.1 Å². The maximum atomic E-state index is 12.1. The fourth-order valence-corrected chi connectivity index (χ4v) is 2.66. The van der Waals surface area contributed by atoms with Crippen molar-refractivity contribution in [3.8, 4) is 11.3 Å². The molecule has 4 N–H and O–H groups in total. The van der Waals surface area contributed by atoms with E-state index in [1.165, 1.54) is 0 Å². The summed E-state index contributed by atoms with van der Waals surface area (Å²) < 4.78 is 5.21. The fraction of sp³-hybridized carbons (Fsp3) is 0.190. The number of amides is 2. The average Bonchev–Trinajstić information content (AvgIpc) is 3.22. The summed E-state index contributed by atoms with van der Waals surface area (Å²) in [4.78, 5) is 24.2. The van der Waals surface area contributed by atoms with Crippen molar-refractivity contribution in [3.05, 3.63) is 78.0 Å². The molecule has 2 amide bonds. The largest absolute Gasteiger partial charge is 0.355 e. The van der Waals surface area contributed by atoms with Crippen LogP contribution in [0, 0.1) is 0 Å². The minimum Gasteiger partial charge on any atom is -0.355 e. The molecule has 1 heterocycles. The van der Waals surface area contributed by atoms with E-state index in [0.717, 1.165) is 11.1 Å². The second kappa shape index (κ2) is 9.48. The first kappa shape index (κ1) is 19.3. The van der Waals surface area contributed by atoms with E-state index < -0.39 is 6.04 Å². The molecule has 3 aromatic rings. The minimum absolute atomic E-state index is 0.186. The fourth-order valence-electron chi connectivity index (χ4n) is 2.66. The summed E-state index contributed by atoms with van der Waals surface area (Å²) in [5, 5.41) is 9.20. The van der Waals surface area contributed by atoms with Gasteiger partial charge in [0.15, 0.2) is 11.5 Å². The first-order chi connectivity index (χ1) is 13.6. The van der Waals surface area contributed by atoms with Gasteiger partial charge >= 0.3 is 0 Å². The van der Waals surface area contributed by atoms with E-state index in [4.69, 9.17) is 10.3 Å². The minimum atomic E-state index is -0.637. The van der Waals surface area contributed by atoms with Crippen LogP contribution >= 0.6 is 0 Å². The third-order valence-electron chi connectivity index (χ3n) is 4.15. The number of nitrogens with zero attached hydrogens (tertiary/aromatic N) is 1. The molecule has 0 aliphatic rings. The second-order valence-electron chi connectivity index (χ2n) is 6.29. The van der Waals surface area contributed by atoms with Gasteiger partial charge in [-0.15, -0.1) is 0 Å². The van der Waals surface area contributed by atoms with Crippen molar-refractivity contribution in [1.82, 2.24) is 15.8 Å². The molecule has 7 nitrogen and oxygen atoms in total. The topological polar surface area (TPSA) is 110 Å². The van der Waals surface area contributed by atoms with Gasteiger partial charge in [-0.05, 0) is 12.0 Å². The average molecular weight is 378 g/mol. The van der Waals surface area contributed by atoms with E-state index in [-0.39, 0.29) is 30.6 Å². The maximum Gasteiger partial charge on any atom is 0.273 e. The van der Waals surface area contributed by atoms with Gasteiger partial charge in [0.05, 0.1) is 6.04 Å². The Kier molecular flexibility index (Phi) is 6.54. The lowest BCUT2D eigenvalue weighted by Gasteiger charge is -2.12. The van der Waals surface area contributed by atoms with Crippen molar-refractivity contribution in [1.29, 1.82) is 0 Å². The second-order valence-corrected chi connectivity index (χ2v) is 6.29. The Bertz CT molecular complexity index is 910. The molecule has 7 heteroatoms. The van der Waals surface area contributed by atoms with Crippen LogP contribution in [0.4, 0.5) is 0 Å². The van der Waals surface area contributed by atoms with Crippen LogP contribution in [0.15, 0.2) is 71.3 Å². The van der Waals surface area contributed by atoms with Crippen molar-refractivity contribution >= 4 is 11.8 Å². The Labute approximate surface area is 162 Å². The molecule has 2 aromatic carbocycles. The lowest BCUT2D eigenvalue weighted by molar-refractivity contribution is -0.122. The Morgan fingerprint density at radius 3 is 2.32 bits per heavy atom. The Hall–Kier alpha value is -3.45. The van der Waals surface area contributed by atoms with E-state index in [0.29, 0.717) is 12.2 Å². The van der Waals surface area contributed by atoms with Crippen LogP contribution in [0.25, 0.3) is 11.3 Å².